The average molecular weight is 545 g/mol. The maximum absolute atomic E-state index is 12.9. The minimum Gasteiger partial charge on any atom is -0.326 e. The number of hydrogen-bond donors (Lipinski definition) is 2. The lowest BCUT2D eigenvalue weighted by atomic mass is 10.0. The number of rotatable bonds is 7. The number of para-hydroxylation sites is 2. The summed E-state index contributed by atoms with van der Waals surface area (Å²) in [5.74, 6) is -0.265. The number of anilines is 2. The van der Waals surface area contributed by atoms with Crippen molar-refractivity contribution >= 4 is 49.7 Å². The molecule has 0 spiro atoms. The Bertz CT molecular complexity index is 1850. The molecule has 0 unspecified atom stereocenters. The number of aryl methyl sites for hydroxylation is 2. The van der Waals surface area contributed by atoms with Crippen molar-refractivity contribution in [2.75, 3.05) is 10.6 Å². The smallest absolute Gasteiger partial charge is 0.228 e. The van der Waals surface area contributed by atoms with Gasteiger partial charge in [0.15, 0.2) is 4.96 Å². The van der Waals surface area contributed by atoms with E-state index in [1.807, 2.05) is 92.8 Å². The van der Waals surface area contributed by atoms with Crippen molar-refractivity contribution in [2.45, 2.75) is 26.7 Å². The van der Waals surface area contributed by atoms with E-state index in [1.165, 1.54) is 4.70 Å². The van der Waals surface area contributed by atoms with Crippen LogP contribution in [0.4, 0.5) is 11.4 Å². The van der Waals surface area contributed by atoms with Crippen molar-refractivity contribution in [1.29, 1.82) is 0 Å². The van der Waals surface area contributed by atoms with E-state index in [1.54, 1.807) is 11.3 Å². The molecule has 0 bridgehead atoms. The summed E-state index contributed by atoms with van der Waals surface area (Å²) in [6.07, 6.45) is 2.47. The first-order chi connectivity index (χ1) is 19.4. The minimum absolute atomic E-state index is 0.111. The highest BCUT2D eigenvalue weighted by Crippen LogP contribution is 2.29. The summed E-state index contributed by atoms with van der Waals surface area (Å²) in [5.41, 5.74) is 8.36. The zero-order valence-corrected chi connectivity index (χ0v) is 23.1. The normalized spacial score (nSPS) is 11.2. The summed E-state index contributed by atoms with van der Waals surface area (Å²) in [5, 5.41) is 5.96. The third-order valence-electron chi connectivity index (χ3n) is 6.75. The van der Waals surface area contributed by atoms with Gasteiger partial charge in [-0.15, -0.1) is 0 Å². The molecule has 0 fully saturated rings. The van der Waals surface area contributed by atoms with Crippen molar-refractivity contribution in [3.63, 3.8) is 0 Å². The van der Waals surface area contributed by atoms with Crippen LogP contribution in [0.25, 0.3) is 26.4 Å². The molecule has 7 heteroatoms. The van der Waals surface area contributed by atoms with Crippen LogP contribution in [0, 0.1) is 13.8 Å². The molecule has 0 saturated heterocycles. The zero-order chi connectivity index (χ0) is 27.6. The molecule has 0 radical (unpaired) electrons. The lowest BCUT2D eigenvalue weighted by Crippen LogP contribution is -2.18. The van der Waals surface area contributed by atoms with Gasteiger partial charge in [-0.25, -0.2) is 4.98 Å². The van der Waals surface area contributed by atoms with Gasteiger partial charge in [0, 0.05) is 23.1 Å². The highest BCUT2D eigenvalue weighted by molar-refractivity contribution is 7.23. The number of hydrogen-bond acceptors (Lipinski definition) is 4. The van der Waals surface area contributed by atoms with Gasteiger partial charge < -0.3 is 10.6 Å². The van der Waals surface area contributed by atoms with Crippen LogP contribution in [0.3, 0.4) is 0 Å². The van der Waals surface area contributed by atoms with Crippen molar-refractivity contribution in [1.82, 2.24) is 9.38 Å². The highest BCUT2D eigenvalue weighted by Gasteiger charge is 2.13. The van der Waals surface area contributed by atoms with E-state index >= 15 is 0 Å². The number of carbonyl (C=O) groups excluding carboxylic acids is 2. The molecule has 198 valence electrons. The Hall–Kier alpha value is -4.75. The number of fused-ring (bicyclic) bond motifs is 3. The first kappa shape index (κ1) is 25.5. The molecule has 0 aliphatic rings. The van der Waals surface area contributed by atoms with Crippen molar-refractivity contribution in [3.8, 4) is 11.3 Å². The molecule has 6 rings (SSSR count). The van der Waals surface area contributed by atoms with E-state index in [-0.39, 0.29) is 24.7 Å². The van der Waals surface area contributed by atoms with E-state index in [0.29, 0.717) is 11.4 Å². The Balaban J connectivity index is 1.10. The van der Waals surface area contributed by atoms with Crippen LogP contribution in [0.5, 0.6) is 0 Å². The second kappa shape index (κ2) is 10.8. The fraction of sp³-hybridized carbons (Fsp3) is 0.121. The van der Waals surface area contributed by atoms with Crippen molar-refractivity contribution in [3.05, 3.63) is 119 Å². The van der Waals surface area contributed by atoms with Gasteiger partial charge in [0.25, 0.3) is 0 Å². The van der Waals surface area contributed by atoms with Crippen LogP contribution in [0.1, 0.15) is 22.3 Å². The Kier molecular flexibility index (Phi) is 6.88. The number of thiazole rings is 1. The molecule has 6 aromatic rings. The minimum atomic E-state index is -0.155. The van der Waals surface area contributed by atoms with E-state index in [9.17, 15) is 9.59 Å². The van der Waals surface area contributed by atoms with Gasteiger partial charge in [-0.3, -0.25) is 14.0 Å². The van der Waals surface area contributed by atoms with Gasteiger partial charge in [-0.05, 0) is 55.3 Å². The largest absolute Gasteiger partial charge is 0.326 e. The van der Waals surface area contributed by atoms with Crippen LogP contribution in [-0.2, 0) is 22.4 Å². The Labute approximate surface area is 236 Å². The second-order valence-corrected chi connectivity index (χ2v) is 11.0. The summed E-state index contributed by atoms with van der Waals surface area (Å²) in [7, 11) is 0. The Morgan fingerprint density at radius 3 is 2.30 bits per heavy atom. The quantitative estimate of drug-likeness (QED) is 0.223. The molecule has 0 aliphatic carbocycles. The topological polar surface area (TPSA) is 75.5 Å². The summed E-state index contributed by atoms with van der Waals surface area (Å²) in [6.45, 7) is 4.05. The van der Waals surface area contributed by atoms with Crippen LogP contribution in [0.15, 0.2) is 97.2 Å². The maximum Gasteiger partial charge on any atom is 0.228 e. The fourth-order valence-electron chi connectivity index (χ4n) is 5.04. The number of nitrogens with one attached hydrogen (secondary N) is 2. The van der Waals surface area contributed by atoms with Gasteiger partial charge in [-0.1, -0.05) is 83.1 Å². The van der Waals surface area contributed by atoms with Gasteiger partial charge in [-0.2, -0.15) is 0 Å². The zero-order valence-electron chi connectivity index (χ0n) is 22.3. The summed E-state index contributed by atoms with van der Waals surface area (Å²) < 4.78 is 3.32. The Morgan fingerprint density at radius 1 is 0.800 bits per heavy atom. The predicted octanol–water partition coefficient (Wildman–Crippen LogP) is 7.20. The third kappa shape index (κ3) is 5.51. The van der Waals surface area contributed by atoms with Gasteiger partial charge in [0.1, 0.15) is 0 Å². The molecule has 40 heavy (non-hydrogen) atoms. The molecule has 0 saturated carbocycles. The molecule has 2 heterocycles. The molecule has 2 N–H and O–H groups in total. The molecule has 6 nitrogen and oxygen atoms in total. The number of carbonyl (C=O) groups is 2. The first-order valence-electron chi connectivity index (χ1n) is 13.1. The third-order valence-corrected chi connectivity index (χ3v) is 7.79. The number of nitrogens with zero attached hydrogens (tertiary/aromatic N) is 2. The number of benzene rings is 4. The monoisotopic (exact) mass is 544 g/mol. The van der Waals surface area contributed by atoms with Gasteiger partial charge >= 0.3 is 0 Å². The number of aromatic nitrogens is 2. The van der Waals surface area contributed by atoms with E-state index in [0.717, 1.165) is 44.0 Å². The van der Waals surface area contributed by atoms with Gasteiger partial charge in [0.2, 0.25) is 11.8 Å². The van der Waals surface area contributed by atoms with Crippen LogP contribution < -0.4 is 10.6 Å². The van der Waals surface area contributed by atoms with Gasteiger partial charge in [0.05, 0.1) is 28.8 Å². The molecular weight excluding hydrogens is 516 g/mol. The van der Waals surface area contributed by atoms with Crippen molar-refractivity contribution < 1.29 is 9.59 Å². The molecule has 2 aromatic heterocycles. The van der Waals surface area contributed by atoms with E-state index in [4.69, 9.17) is 4.98 Å². The number of amides is 2. The van der Waals surface area contributed by atoms with Crippen LogP contribution >= 0.6 is 11.3 Å². The molecule has 0 atom stereocenters. The highest BCUT2D eigenvalue weighted by atomic mass is 32.1. The maximum atomic E-state index is 12.9. The lowest BCUT2D eigenvalue weighted by Gasteiger charge is -2.12. The second-order valence-electron chi connectivity index (χ2n) is 10.0. The standard InChI is InChI=1S/C33H28N4O2S/c1-21-15-22(2)17-23(16-21)18-31(38)35-27-8-4-3-7-25(27)19-32(39)34-26-13-11-24(12-14-26)28-20-37-29-9-5-6-10-30(29)40-33(37)36-28/h3-17,20H,18-19H2,1-2H3,(H,34,39)(H,35,38). The summed E-state index contributed by atoms with van der Waals surface area (Å²) in [4.78, 5) is 31.4. The van der Waals surface area contributed by atoms with E-state index in [2.05, 4.69) is 33.2 Å². The summed E-state index contributed by atoms with van der Waals surface area (Å²) >= 11 is 1.66. The van der Waals surface area contributed by atoms with Crippen LogP contribution in [-0.4, -0.2) is 21.2 Å². The average Bonchev–Trinajstić information content (AvgIpc) is 3.48. The summed E-state index contributed by atoms with van der Waals surface area (Å²) in [6, 6.07) is 29.5. The van der Waals surface area contributed by atoms with Crippen molar-refractivity contribution in [2.24, 2.45) is 0 Å². The first-order valence-corrected chi connectivity index (χ1v) is 13.9. The number of imidazole rings is 1. The molecule has 2 amide bonds. The fourth-order valence-corrected chi connectivity index (χ4v) is 6.05. The molecule has 0 aliphatic heterocycles. The lowest BCUT2D eigenvalue weighted by molar-refractivity contribution is -0.116. The SMILES string of the molecule is Cc1cc(C)cc(CC(=O)Nc2ccccc2CC(=O)Nc2ccc(-c3cn4c(n3)sc3ccccc34)cc2)c1. The Morgan fingerprint density at radius 2 is 1.50 bits per heavy atom. The van der Waals surface area contributed by atoms with E-state index < -0.39 is 0 Å². The van der Waals surface area contributed by atoms with Crippen LogP contribution in [0.2, 0.25) is 0 Å². The predicted molar refractivity (Wildman–Crippen MR) is 163 cm³/mol. The molecular formula is C33H28N4O2S. The molecule has 4 aromatic carbocycles.